The van der Waals surface area contributed by atoms with Crippen molar-refractivity contribution in [3.8, 4) is 0 Å². The third-order valence-electron chi connectivity index (χ3n) is 4.53. The number of fused-ring (bicyclic) bond motifs is 1. The summed E-state index contributed by atoms with van der Waals surface area (Å²) in [5.74, 6) is -0.332. The molecule has 0 fully saturated rings. The van der Waals surface area contributed by atoms with E-state index in [1.807, 2.05) is 37.6 Å². The quantitative estimate of drug-likeness (QED) is 0.460. The van der Waals surface area contributed by atoms with Crippen LogP contribution in [-0.2, 0) is 16.0 Å². The van der Waals surface area contributed by atoms with E-state index in [1.54, 1.807) is 12.3 Å². The number of benzene rings is 1. The third kappa shape index (κ3) is 7.75. The van der Waals surface area contributed by atoms with Crippen LogP contribution in [0.1, 0.15) is 69.7 Å². The number of nitrogens with one attached hydrogen (secondary N) is 1. The molecule has 0 spiro atoms. The topological polar surface area (TPSA) is 82.5 Å². The highest BCUT2D eigenvalue weighted by atomic mass is 16.6. The molecular formula is C22H33N3O4. The van der Waals surface area contributed by atoms with Gasteiger partial charge in [0.1, 0.15) is 5.60 Å². The van der Waals surface area contributed by atoms with Crippen LogP contribution >= 0.6 is 0 Å². The largest absolute Gasteiger partial charge is 0.465 e. The van der Waals surface area contributed by atoms with E-state index < -0.39 is 5.60 Å². The zero-order chi connectivity index (χ0) is 21.3. The number of unbranched alkanes of at least 4 members (excludes halogenated alkanes) is 5. The normalized spacial score (nSPS) is 11.4. The lowest BCUT2D eigenvalue weighted by atomic mass is 10.1. The second-order valence-corrected chi connectivity index (χ2v) is 8.18. The Morgan fingerprint density at radius 2 is 1.76 bits per heavy atom. The van der Waals surface area contributed by atoms with E-state index in [2.05, 4.69) is 10.4 Å². The van der Waals surface area contributed by atoms with Crippen molar-refractivity contribution < 1.29 is 19.1 Å². The van der Waals surface area contributed by atoms with Crippen LogP contribution in [0.15, 0.2) is 24.4 Å². The molecule has 160 valence electrons. The van der Waals surface area contributed by atoms with Gasteiger partial charge in [-0.2, -0.15) is 5.10 Å². The fraction of sp³-hybridized carbons (Fsp3) is 0.591. The van der Waals surface area contributed by atoms with E-state index >= 15 is 0 Å². The number of aryl methyl sites for hydroxylation is 1. The van der Waals surface area contributed by atoms with E-state index in [4.69, 9.17) is 9.47 Å². The summed E-state index contributed by atoms with van der Waals surface area (Å²) >= 11 is 0. The number of hydrogen-bond acceptors (Lipinski definition) is 5. The Hall–Kier alpha value is -2.57. The first-order chi connectivity index (χ1) is 13.8. The number of rotatable bonds is 10. The molecule has 1 aromatic carbocycles. The lowest BCUT2D eigenvalue weighted by molar-refractivity contribution is 0.0525. The molecule has 0 aliphatic rings. The van der Waals surface area contributed by atoms with Gasteiger partial charge in [0.2, 0.25) is 0 Å². The summed E-state index contributed by atoms with van der Waals surface area (Å²) in [6.07, 6.45) is 8.02. The van der Waals surface area contributed by atoms with Crippen molar-refractivity contribution in [1.82, 2.24) is 15.1 Å². The fourth-order valence-corrected chi connectivity index (χ4v) is 3.11. The summed E-state index contributed by atoms with van der Waals surface area (Å²) in [5, 5.41) is 8.17. The molecule has 0 bridgehead atoms. The number of amides is 1. The smallest absolute Gasteiger partial charge is 0.407 e. The van der Waals surface area contributed by atoms with E-state index in [0.29, 0.717) is 12.1 Å². The number of carbonyl (C=O) groups excluding carboxylic acids is 2. The predicted molar refractivity (Wildman–Crippen MR) is 113 cm³/mol. The lowest BCUT2D eigenvalue weighted by Crippen LogP contribution is -2.32. The number of esters is 1. The van der Waals surface area contributed by atoms with Crippen LogP contribution < -0.4 is 5.32 Å². The van der Waals surface area contributed by atoms with Crippen LogP contribution in [0.3, 0.4) is 0 Å². The van der Waals surface area contributed by atoms with Crippen LogP contribution in [0.25, 0.3) is 10.9 Å². The Bertz CT molecular complexity index is 808. The van der Waals surface area contributed by atoms with Crippen LogP contribution in [0, 0.1) is 0 Å². The maximum atomic E-state index is 11.6. The molecular weight excluding hydrogens is 370 g/mol. The Kier molecular flexibility index (Phi) is 8.49. The number of carbonyl (C=O) groups is 2. The second-order valence-electron chi connectivity index (χ2n) is 8.18. The molecule has 0 radical (unpaired) electrons. The van der Waals surface area contributed by atoms with Gasteiger partial charge >= 0.3 is 12.1 Å². The minimum atomic E-state index is -0.451. The highest BCUT2D eigenvalue weighted by Gasteiger charge is 2.15. The monoisotopic (exact) mass is 403 g/mol. The molecule has 7 heteroatoms. The number of alkyl carbamates (subject to hydrolysis) is 1. The molecule has 7 nitrogen and oxygen atoms in total. The highest BCUT2D eigenvalue weighted by Crippen LogP contribution is 2.17. The van der Waals surface area contributed by atoms with Gasteiger partial charge in [-0.25, -0.2) is 9.59 Å². The number of nitrogens with zero attached hydrogens (tertiary/aromatic N) is 2. The maximum Gasteiger partial charge on any atom is 0.407 e. The van der Waals surface area contributed by atoms with E-state index in [9.17, 15) is 9.59 Å². The third-order valence-corrected chi connectivity index (χ3v) is 4.53. The second kappa shape index (κ2) is 10.8. The van der Waals surface area contributed by atoms with Gasteiger partial charge < -0.3 is 14.8 Å². The van der Waals surface area contributed by atoms with Crippen molar-refractivity contribution >= 4 is 23.0 Å². The maximum absolute atomic E-state index is 11.6. The molecule has 2 rings (SSSR count). The SMILES string of the molecule is COC(=O)c1ccc2c(cnn2CCCCCCCCNC(=O)OC(C)(C)C)c1. The van der Waals surface area contributed by atoms with Gasteiger partial charge in [-0.15, -0.1) is 0 Å². The van der Waals surface area contributed by atoms with Gasteiger partial charge in [0.05, 0.1) is 24.4 Å². The summed E-state index contributed by atoms with van der Waals surface area (Å²) in [6.45, 7) is 7.09. The first-order valence-corrected chi connectivity index (χ1v) is 10.3. The van der Waals surface area contributed by atoms with Crippen molar-refractivity contribution in [3.63, 3.8) is 0 Å². The van der Waals surface area contributed by atoms with Crippen molar-refractivity contribution in [1.29, 1.82) is 0 Å². The van der Waals surface area contributed by atoms with E-state index in [0.717, 1.165) is 56.0 Å². The van der Waals surface area contributed by atoms with Crippen molar-refractivity contribution in [2.75, 3.05) is 13.7 Å². The Morgan fingerprint density at radius 3 is 2.45 bits per heavy atom. The molecule has 0 saturated carbocycles. The molecule has 0 atom stereocenters. The number of hydrogen-bond donors (Lipinski definition) is 1. The van der Waals surface area contributed by atoms with E-state index in [-0.39, 0.29) is 12.1 Å². The zero-order valence-electron chi connectivity index (χ0n) is 18.0. The van der Waals surface area contributed by atoms with Crippen LogP contribution in [-0.4, -0.2) is 41.1 Å². The van der Waals surface area contributed by atoms with Crippen LogP contribution in [0.2, 0.25) is 0 Å². The number of ether oxygens (including phenoxy) is 2. The van der Waals surface area contributed by atoms with E-state index in [1.165, 1.54) is 7.11 Å². The van der Waals surface area contributed by atoms with Gasteiger partial charge in [-0.3, -0.25) is 4.68 Å². The van der Waals surface area contributed by atoms with Crippen LogP contribution in [0.5, 0.6) is 0 Å². The predicted octanol–water partition coefficient (Wildman–Crippen LogP) is 4.69. The van der Waals surface area contributed by atoms with Crippen molar-refractivity contribution in [2.24, 2.45) is 0 Å². The standard InChI is InChI=1S/C22H33N3O4/c1-22(2,3)29-21(27)23-13-9-7-5-6-8-10-14-25-19-12-11-17(20(26)28-4)15-18(19)16-24-25/h11-12,15-16H,5-10,13-14H2,1-4H3,(H,23,27). The molecule has 0 aliphatic carbocycles. The fourth-order valence-electron chi connectivity index (χ4n) is 3.11. The van der Waals surface area contributed by atoms with Gasteiger partial charge in [0.25, 0.3) is 0 Å². The zero-order valence-corrected chi connectivity index (χ0v) is 18.0. The van der Waals surface area contributed by atoms with Crippen molar-refractivity contribution in [3.05, 3.63) is 30.0 Å². The molecule has 2 aromatic rings. The highest BCUT2D eigenvalue weighted by molar-refractivity contribution is 5.94. The molecule has 0 saturated heterocycles. The molecule has 1 aromatic heterocycles. The molecule has 0 aliphatic heterocycles. The Balaban J connectivity index is 1.59. The summed E-state index contributed by atoms with van der Waals surface area (Å²) in [7, 11) is 1.38. The number of methoxy groups -OCH3 is 1. The van der Waals surface area contributed by atoms with Crippen molar-refractivity contribution in [2.45, 2.75) is 71.4 Å². The number of aromatic nitrogens is 2. The first kappa shape index (κ1) is 22.7. The molecule has 0 unspecified atom stereocenters. The summed E-state index contributed by atoms with van der Waals surface area (Å²) < 4.78 is 11.9. The minimum Gasteiger partial charge on any atom is -0.465 e. The van der Waals surface area contributed by atoms with Gasteiger partial charge in [-0.05, 0) is 51.8 Å². The van der Waals surface area contributed by atoms with Gasteiger partial charge in [0, 0.05) is 18.5 Å². The summed E-state index contributed by atoms with van der Waals surface area (Å²) in [6, 6.07) is 5.51. The summed E-state index contributed by atoms with van der Waals surface area (Å²) in [5.41, 5.74) is 1.12. The van der Waals surface area contributed by atoms with Gasteiger partial charge in [0.15, 0.2) is 0 Å². The molecule has 29 heavy (non-hydrogen) atoms. The molecule has 1 amide bonds. The van der Waals surface area contributed by atoms with Gasteiger partial charge in [-0.1, -0.05) is 25.7 Å². The Morgan fingerprint density at radius 1 is 1.07 bits per heavy atom. The molecule has 1 heterocycles. The summed E-state index contributed by atoms with van der Waals surface area (Å²) in [4.78, 5) is 23.2. The minimum absolute atomic E-state index is 0.332. The average molecular weight is 404 g/mol. The first-order valence-electron chi connectivity index (χ1n) is 10.3. The average Bonchev–Trinajstić information content (AvgIpc) is 3.06. The molecule has 1 N–H and O–H groups in total. The lowest BCUT2D eigenvalue weighted by Gasteiger charge is -2.19. The van der Waals surface area contributed by atoms with Crippen LogP contribution in [0.4, 0.5) is 4.79 Å². The Labute approximate surface area is 172 Å².